The average Bonchev–Trinajstić information content (AvgIpc) is 2.04. The molecule has 0 radical (unpaired) electrons. The van der Waals surface area contributed by atoms with E-state index in [0.717, 1.165) is 23.5 Å². The minimum absolute atomic E-state index is 0.723. The molecule has 0 saturated carbocycles. The lowest BCUT2D eigenvalue weighted by atomic mass is 10.1. The number of hydrogen-bond acceptors (Lipinski definition) is 1. The van der Waals surface area contributed by atoms with Crippen LogP contribution in [0.4, 0.5) is 0 Å². The predicted octanol–water partition coefficient (Wildman–Crippen LogP) is 2.05. The van der Waals surface area contributed by atoms with E-state index in [1.54, 1.807) is 0 Å². The van der Waals surface area contributed by atoms with Crippen molar-refractivity contribution >= 4 is 11.2 Å². The highest BCUT2D eigenvalue weighted by Gasteiger charge is 2.20. The first-order valence-electron chi connectivity index (χ1n) is 4.25. The summed E-state index contributed by atoms with van der Waals surface area (Å²) >= 11 is -0.723. The molecule has 0 aliphatic carbocycles. The third-order valence-corrected chi connectivity index (χ3v) is 3.79. The Balaban J connectivity index is 2.46. The van der Waals surface area contributed by atoms with Gasteiger partial charge in [-0.25, -0.2) is 0 Å². The Hall–Kier alpha value is -0.470. The molecule has 0 N–H and O–H groups in total. The highest BCUT2D eigenvalue weighted by molar-refractivity contribution is 7.91. The van der Waals surface area contributed by atoms with Crippen molar-refractivity contribution in [3.8, 4) is 0 Å². The fourth-order valence-corrected chi connectivity index (χ4v) is 2.93. The van der Waals surface area contributed by atoms with Crippen molar-refractivity contribution in [1.29, 1.82) is 0 Å². The van der Waals surface area contributed by atoms with E-state index in [-0.39, 0.29) is 0 Å². The molecule has 1 aliphatic heterocycles. The summed E-state index contributed by atoms with van der Waals surface area (Å²) in [7, 11) is 0. The summed E-state index contributed by atoms with van der Waals surface area (Å²) in [5.41, 5.74) is 2.56. The maximum atomic E-state index is 11.5. The molecule has 1 aliphatic rings. The van der Waals surface area contributed by atoms with Crippen molar-refractivity contribution in [3.63, 3.8) is 0 Å². The van der Waals surface area contributed by atoms with Crippen molar-refractivity contribution in [2.75, 3.05) is 5.75 Å². The second kappa shape index (κ2) is 3.11. The SMILES string of the molecule is Cc1ccc2c(c1)CCC[S+]2[O-]. The molecule has 1 unspecified atom stereocenters. The predicted molar refractivity (Wildman–Crippen MR) is 50.8 cm³/mol. The van der Waals surface area contributed by atoms with Gasteiger partial charge < -0.3 is 4.55 Å². The Labute approximate surface area is 76.0 Å². The van der Waals surface area contributed by atoms with E-state index in [4.69, 9.17) is 0 Å². The summed E-state index contributed by atoms with van der Waals surface area (Å²) in [6.45, 7) is 2.08. The molecular formula is C10H12OS. The summed E-state index contributed by atoms with van der Waals surface area (Å²) in [6.07, 6.45) is 2.17. The van der Waals surface area contributed by atoms with E-state index in [1.807, 2.05) is 12.1 Å². The van der Waals surface area contributed by atoms with Gasteiger partial charge in [0.05, 0.1) is 0 Å². The van der Waals surface area contributed by atoms with Crippen LogP contribution in [-0.2, 0) is 17.6 Å². The molecule has 2 heteroatoms. The smallest absolute Gasteiger partial charge is 0.155 e. The Morgan fingerprint density at radius 1 is 1.42 bits per heavy atom. The number of rotatable bonds is 0. The molecule has 0 saturated heterocycles. The van der Waals surface area contributed by atoms with Crippen LogP contribution in [0.1, 0.15) is 17.5 Å². The van der Waals surface area contributed by atoms with Crippen LogP contribution in [0.5, 0.6) is 0 Å². The molecule has 0 fully saturated rings. The topological polar surface area (TPSA) is 23.1 Å². The Morgan fingerprint density at radius 2 is 2.25 bits per heavy atom. The maximum Gasteiger partial charge on any atom is 0.155 e. The van der Waals surface area contributed by atoms with Gasteiger partial charge in [0, 0.05) is 5.56 Å². The lowest BCUT2D eigenvalue weighted by Crippen LogP contribution is -2.15. The highest BCUT2D eigenvalue weighted by Crippen LogP contribution is 2.25. The zero-order valence-electron chi connectivity index (χ0n) is 7.17. The van der Waals surface area contributed by atoms with Crippen LogP contribution < -0.4 is 0 Å². The number of aryl methyl sites for hydroxylation is 2. The Morgan fingerprint density at radius 3 is 3.08 bits per heavy atom. The largest absolute Gasteiger partial charge is 0.611 e. The molecule has 1 aromatic carbocycles. The molecular weight excluding hydrogens is 168 g/mol. The Bertz CT molecular complexity index is 296. The molecule has 64 valence electrons. The van der Waals surface area contributed by atoms with Crippen molar-refractivity contribution in [3.05, 3.63) is 29.3 Å². The van der Waals surface area contributed by atoms with E-state index >= 15 is 0 Å². The third kappa shape index (κ3) is 1.37. The van der Waals surface area contributed by atoms with Gasteiger partial charge >= 0.3 is 0 Å². The summed E-state index contributed by atoms with van der Waals surface area (Å²) in [5.74, 6) is 0.843. The molecule has 0 amide bonds. The molecule has 0 spiro atoms. The van der Waals surface area contributed by atoms with Crippen molar-refractivity contribution in [1.82, 2.24) is 0 Å². The van der Waals surface area contributed by atoms with Crippen LogP contribution in [0.2, 0.25) is 0 Å². The lowest BCUT2D eigenvalue weighted by Gasteiger charge is -2.19. The van der Waals surface area contributed by atoms with Gasteiger partial charge in [0.25, 0.3) is 0 Å². The third-order valence-electron chi connectivity index (χ3n) is 2.24. The van der Waals surface area contributed by atoms with E-state index < -0.39 is 11.2 Å². The van der Waals surface area contributed by atoms with E-state index in [2.05, 4.69) is 13.0 Å². The molecule has 1 aromatic rings. The van der Waals surface area contributed by atoms with Crippen molar-refractivity contribution in [2.45, 2.75) is 24.7 Å². The summed E-state index contributed by atoms with van der Waals surface area (Å²) in [5, 5.41) is 0. The summed E-state index contributed by atoms with van der Waals surface area (Å²) in [4.78, 5) is 1.06. The van der Waals surface area contributed by atoms with Gasteiger partial charge in [-0.2, -0.15) is 0 Å². The first-order chi connectivity index (χ1) is 5.77. The van der Waals surface area contributed by atoms with Gasteiger partial charge in [0.2, 0.25) is 0 Å². The fourth-order valence-electron chi connectivity index (χ4n) is 1.63. The monoisotopic (exact) mass is 180 g/mol. The summed E-state index contributed by atoms with van der Waals surface area (Å²) in [6, 6.07) is 6.22. The van der Waals surface area contributed by atoms with Gasteiger partial charge in [0.1, 0.15) is 5.75 Å². The fraction of sp³-hybridized carbons (Fsp3) is 0.400. The Kier molecular flexibility index (Phi) is 2.11. The first kappa shape index (κ1) is 8.14. The van der Waals surface area contributed by atoms with Crippen LogP contribution >= 0.6 is 0 Å². The van der Waals surface area contributed by atoms with Crippen LogP contribution in [0.15, 0.2) is 23.1 Å². The van der Waals surface area contributed by atoms with Gasteiger partial charge in [-0.15, -0.1) is 0 Å². The maximum absolute atomic E-state index is 11.5. The molecule has 1 heterocycles. The normalized spacial score (nSPS) is 22.0. The second-order valence-electron chi connectivity index (χ2n) is 3.26. The van der Waals surface area contributed by atoms with Crippen LogP contribution in [-0.4, -0.2) is 10.3 Å². The zero-order valence-corrected chi connectivity index (χ0v) is 7.99. The molecule has 0 bridgehead atoms. The molecule has 0 aromatic heterocycles. The average molecular weight is 180 g/mol. The van der Waals surface area contributed by atoms with E-state index in [9.17, 15) is 4.55 Å². The number of fused-ring (bicyclic) bond motifs is 1. The molecule has 1 nitrogen and oxygen atoms in total. The van der Waals surface area contributed by atoms with Gasteiger partial charge in [0.15, 0.2) is 4.90 Å². The minimum atomic E-state index is -0.723. The van der Waals surface area contributed by atoms with E-state index in [0.29, 0.717) is 0 Å². The second-order valence-corrected chi connectivity index (χ2v) is 4.80. The molecule has 12 heavy (non-hydrogen) atoms. The van der Waals surface area contributed by atoms with E-state index in [1.165, 1.54) is 11.1 Å². The van der Waals surface area contributed by atoms with Gasteiger partial charge in [-0.1, -0.05) is 17.7 Å². The zero-order chi connectivity index (χ0) is 8.55. The quantitative estimate of drug-likeness (QED) is 0.560. The summed E-state index contributed by atoms with van der Waals surface area (Å²) < 4.78 is 11.5. The van der Waals surface area contributed by atoms with Crippen LogP contribution in [0, 0.1) is 6.92 Å². The first-order valence-corrected chi connectivity index (χ1v) is 5.57. The van der Waals surface area contributed by atoms with Gasteiger partial charge in [-0.3, -0.25) is 0 Å². The number of hydrogen-bond donors (Lipinski definition) is 0. The minimum Gasteiger partial charge on any atom is -0.611 e. The highest BCUT2D eigenvalue weighted by atomic mass is 32.2. The lowest BCUT2D eigenvalue weighted by molar-refractivity contribution is 0.585. The van der Waals surface area contributed by atoms with Crippen molar-refractivity contribution in [2.24, 2.45) is 0 Å². The van der Waals surface area contributed by atoms with Crippen LogP contribution in [0.3, 0.4) is 0 Å². The number of benzene rings is 1. The molecule has 1 atom stereocenters. The van der Waals surface area contributed by atoms with Gasteiger partial charge in [-0.05, 0) is 37.0 Å². The van der Waals surface area contributed by atoms with Crippen molar-refractivity contribution < 1.29 is 4.55 Å². The standard InChI is InChI=1S/C10H12OS/c1-8-4-5-10-9(7-8)3-2-6-12(10)11/h4-5,7H,2-3,6H2,1H3. The van der Waals surface area contributed by atoms with Crippen LogP contribution in [0.25, 0.3) is 0 Å². The molecule has 2 rings (SSSR count).